The lowest BCUT2D eigenvalue weighted by molar-refractivity contribution is -0.145. The van der Waals surface area contributed by atoms with Crippen molar-refractivity contribution in [2.45, 2.75) is 25.8 Å². The van der Waals surface area contributed by atoms with Crippen LogP contribution < -0.4 is 0 Å². The summed E-state index contributed by atoms with van der Waals surface area (Å²) in [6, 6.07) is 1.06. The number of ether oxygens (including phenoxy) is 1. The summed E-state index contributed by atoms with van der Waals surface area (Å²) in [5.41, 5.74) is 0.641. The molecule has 1 aromatic heterocycles. The van der Waals surface area contributed by atoms with E-state index >= 15 is 0 Å². The quantitative estimate of drug-likeness (QED) is 0.711. The monoisotopic (exact) mass is 238 g/mol. The Kier molecular flexibility index (Phi) is 3.12. The highest BCUT2D eigenvalue weighted by Gasteiger charge is 2.36. The molecule has 0 unspecified atom stereocenters. The first kappa shape index (κ1) is 11.6. The van der Waals surface area contributed by atoms with Crippen molar-refractivity contribution in [3.63, 3.8) is 0 Å². The predicted octanol–water partition coefficient (Wildman–Crippen LogP) is 0.761. The molecule has 0 bridgehead atoms. The van der Waals surface area contributed by atoms with Gasteiger partial charge in [-0.3, -0.25) is 4.79 Å². The number of methoxy groups -OCH3 is 1. The van der Waals surface area contributed by atoms with Gasteiger partial charge in [0.1, 0.15) is 6.04 Å². The average Bonchev–Trinajstić information content (AvgIpc) is 2.95. The molecule has 0 spiro atoms. The Morgan fingerprint density at radius 2 is 2.35 bits per heavy atom. The van der Waals surface area contributed by atoms with E-state index in [0.717, 1.165) is 6.42 Å². The van der Waals surface area contributed by atoms with Gasteiger partial charge in [0.25, 0.3) is 5.91 Å². The van der Waals surface area contributed by atoms with Crippen LogP contribution in [0.4, 0.5) is 0 Å². The van der Waals surface area contributed by atoms with Crippen molar-refractivity contribution < 1.29 is 18.8 Å². The van der Waals surface area contributed by atoms with Crippen LogP contribution >= 0.6 is 0 Å². The van der Waals surface area contributed by atoms with Crippen molar-refractivity contribution >= 4 is 11.9 Å². The van der Waals surface area contributed by atoms with Crippen LogP contribution in [0.2, 0.25) is 0 Å². The van der Waals surface area contributed by atoms with Gasteiger partial charge in [0.05, 0.1) is 12.8 Å². The van der Waals surface area contributed by atoms with Crippen LogP contribution in [-0.2, 0) is 9.53 Å². The third-order valence-corrected chi connectivity index (χ3v) is 2.83. The van der Waals surface area contributed by atoms with E-state index in [0.29, 0.717) is 18.7 Å². The lowest BCUT2D eigenvalue weighted by atomic mass is 10.2. The maximum absolute atomic E-state index is 12.1. The third kappa shape index (κ3) is 2.15. The number of aryl methyl sites for hydroxylation is 1. The van der Waals surface area contributed by atoms with Gasteiger partial charge in [-0.05, 0) is 19.8 Å². The molecule has 1 fully saturated rings. The molecular formula is C11H14N2O4. The van der Waals surface area contributed by atoms with Crippen molar-refractivity contribution in [2.75, 3.05) is 13.7 Å². The van der Waals surface area contributed by atoms with Gasteiger partial charge in [-0.25, -0.2) is 4.79 Å². The summed E-state index contributed by atoms with van der Waals surface area (Å²) in [5.74, 6) is -0.524. The molecule has 1 aliphatic rings. The molecule has 1 amide bonds. The Morgan fingerprint density at radius 3 is 2.94 bits per heavy atom. The number of hydrogen-bond donors (Lipinski definition) is 0. The van der Waals surface area contributed by atoms with E-state index in [9.17, 15) is 9.59 Å². The van der Waals surface area contributed by atoms with Gasteiger partial charge in [0, 0.05) is 12.6 Å². The molecule has 0 aromatic carbocycles. The summed E-state index contributed by atoms with van der Waals surface area (Å²) in [6.07, 6.45) is 1.42. The second-order valence-electron chi connectivity index (χ2n) is 4.01. The molecule has 6 heteroatoms. The first-order valence-electron chi connectivity index (χ1n) is 5.45. The molecule has 2 rings (SSSR count). The Labute approximate surface area is 98.5 Å². The van der Waals surface area contributed by atoms with Crippen molar-refractivity contribution in [2.24, 2.45) is 0 Å². The minimum atomic E-state index is -0.502. The minimum absolute atomic E-state index is 0.165. The normalized spacial score (nSPS) is 19.4. The van der Waals surface area contributed by atoms with Crippen LogP contribution in [0.3, 0.4) is 0 Å². The number of nitrogens with zero attached hydrogens (tertiary/aromatic N) is 2. The number of carbonyl (C=O) groups excluding carboxylic acids is 2. The third-order valence-electron chi connectivity index (χ3n) is 2.83. The maximum atomic E-state index is 12.1. The van der Waals surface area contributed by atoms with Crippen molar-refractivity contribution in [3.8, 4) is 0 Å². The zero-order valence-corrected chi connectivity index (χ0v) is 9.80. The smallest absolute Gasteiger partial charge is 0.328 e. The SMILES string of the molecule is COC(=O)[C@@H]1CCCN1C(=O)c1cc(C)no1. The number of likely N-dealkylation sites (tertiary alicyclic amines) is 1. The van der Waals surface area contributed by atoms with E-state index in [-0.39, 0.29) is 17.6 Å². The molecule has 92 valence electrons. The van der Waals surface area contributed by atoms with Gasteiger partial charge in [-0.15, -0.1) is 0 Å². The number of hydrogen-bond acceptors (Lipinski definition) is 5. The van der Waals surface area contributed by atoms with E-state index in [1.807, 2.05) is 0 Å². The van der Waals surface area contributed by atoms with Gasteiger partial charge in [-0.1, -0.05) is 5.16 Å². The first-order valence-corrected chi connectivity index (χ1v) is 5.45. The molecule has 0 saturated carbocycles. The van der Waals surface area contributed by atoms with E-state index < -0.39 is 6.04 Å². The highest BCUT2D eigenvalue weighted by Crippen LogP contribution is 2.21. The lowest BCUT2D eigenvalue weighted by Gasteiger charge is -2.20. The maximum Gasteiger partial charge on any atom is 0.328 e. The molecule has 2 heterocycles. The zero-order chi connectivity index (χ0) is 12.4. The number of carbonyl (C=O) groups is 2. The van der Waals surface area contributed by atoms with E-state index in [2.05, 4.69) is 9.89 Å². The van der Waals surface area contributed by atoms with Crippen molar-refractivity contribution in [1.82, 2.24) is 10.1 Å². The fraction of sp³-hybridized carbons (Fsp3) is 0.545. The van der Waals surface area contributed by atoms with E-state index in [1.165, 1.54) is 12.0 Å². The van der Waals surface area contributed by atoms with Crippen LogP contribution in [0, 0.1) is 6.92 Å². The van der Waals surface area contributed by atoms with Crippen LogP contribution in [0.5, 0.6) is 0 Å². The van der Waals surface area contributed by atoms with Crippen molar-refractivity contribution in [3.05, 3.63) is 17.5 Å². The highest BCUT2D eigenvalue weighted by molar-refractivity contribution is 5.94. The van der Waals surface area contributed by atoms with E-state index in [4.69, 9.17) is 4.52 Å². The Morgan fingerprint density at radius 1 is 1.59 bits per heavy atom. The van der Waals surface area contributed by atoms with Crippen LogP contribution in [-0.4, -0.2) is 41.6 Å². The number of aromatic nitrogens is 1. The van der Waals surface area contributed by atoms with Crippen molar-refractivity contribution in [1.29, 1.82) is 0 Å². The molecule has 17 heavy (non-hydrogen) atoms. The Bertz CT molecular complexity index is 440. The molecule has 0 radical (unpaired) electrons. The molecule has 1 atom stereocenters. The average molecular weight is 238 g/mol. The summed E-state index contributed by atoms with van der Waals surface area (Å²) in [5, 5.41) is 3.66. The second-order valence-corrected chi connectivity index (χ2v) is 4.01. The fourth-order valence-corrected chi connectivity index (χ4v) is 2.00. The number of amides is 1. The summed E-state index contributed by atoms with van der Waals surface area (Å²) in [4.78, 5) is 25.1. The van der Waals surface area contributed by atoms with Gasteiger partial charge < -0.3 is 14.2 Å². The summed E-state index contributed by atoms with van der Waals surface area (Å²) < 4.78 is 9.58. The van der Waals surface area contributed by atoms with Crippen LogP contribution in [0.15, 0.2) is 10.6 Å². The second kappa shape index (κ2) is 4.57. The molecule has 1 aliphatic heterocycles. The Balaban J connectivity index is 2.16. The van der Waals surface area contributed by atoms with E-state index in [1.54, 1.807) is 13.0 Å². The van der Waals surface area contributed by atoms with Gasteiger partial charge >= 0.3 is 5.97 Å². The molecule has 0 aliphatic carbocycles. The molecule has 1 aromatic rings. The minimum Gasteiger partial charge on any atom is -0.467 e. The fourth-order valence-electron chi connectivity index (χ4n) is 2.00. The molecule has 6 nitrogen and oxygen atoms in total. The van der Waals surface area contributed by atoms with Gasteiger partial charge in [0.15, 0.2) is 0 Å². The summed E-state index contributed by atoms with van der Waals surface area (Å²) >= 11 is 0. The van der Waals surface area contributed by atoms with Crippen LogP contribution in [0.1, 0.15) is 29.1 Å². The Hall–Kier alpha value is -1.85. The molecular weight excluding hydrogens is 224 g/mol. The largest absolute Gasteiger partial charge is 0.467 e. The zero-order valence-electron chi connectivity index (χ0n) is 9.80. The topological polar surface area (TPSA) is 72.6 Å². The predicted molar refractivity (Wildman–Crippen MR) is 57.3 cm³/mol. The standard InChI is InChI=1S/C11H14N2O4/c1-7-6-9(17-12-7)10(14)13-5-3-4-8(13)11(15)16-2/h6,8H,3-5H2,1-2H3/t8-/m0/s1. The number of rotatable bonds is 2. The number of esters is 1. The van der Waals surface area contributed by atoms with Crippen LogP contribution in [0.25, 0.3) is 0 Å². The molecule has 0 N–H and O–H groups in total. The highest BCUT2D eigenvalue weighted by atomic mass is 16.5. The van der Waals surface area contributed by atoms with Gasteiger partial charge in [-0.2, -0.15) is 0 Å². The molecule has 1 saturated heterocycles. The lowest BCUT2D eigenvalue weighted by Crippen LogP contribution is -2.40. The van der Waals surface area contributed by atoms with Gasteiger partial charge in [0.2, 0.25) is 5.76 Å². The summed E-state index contributed by atoms with van der Waals surface area (Å²) in [6.45, 7) is 2.28. The summed E-state index contributed by atoms with van der Waals surface area (Å²) in [7, 11) is 1.32. The first-order chi connectivity index (χ1) is 8.13.